The first-order valence-electron chi connectivity index (χ1n) is 27.7. The minimum Gasteiger partial charge on any atom is -0.355 e. The lowest BCUT2D eigenvalue weighted by Crippen LogP contribution is -2.06. The zero-order valence-electron chi connectivity index (χ0n) is 44.2. The van der Waals surface area contributed by atoms with Crippen molar-refractivity contribution in [2.75, 3.05) is 5.32 Å². The van der Waals surface area contributed by atoms with E-state index in [1.807, 2.05) is 36.4 Å². The molecule has 3 heterocycles. The Hall–Kier alpha value is -10.7. The summed E-state index contributed by atoms with van der Waals surface area (Å²) < 4.78 is 4.67. The molecule has 0 fully saturated rings. The number of fused-ring (bicyclic) bond motifs is 6. The molecule has 0 radical (unpaired) electrons. The van der Waals surface area contributed by atoms with Gasteiger partial charge in [-0.1, -0.05) is 231 Å². The van der Waals surface area contributed by atoms with Gasteiger partial charge in [0, 0.05) is 61.2 Å². The monoisotopic (exact) mass is 1040 g/mol. The third kappa shape index (κ3) is 8.86. The summed E-state index contributed by atoms with van der Waals surface area (Å²) in [6, 6.07) is 97.1. The number of nitrogens with zero attached hydrogens (tertiary/aromatic N) is 5. The summed E-state index contributed by atoms with van der Waals surface area (Å²) in [6.07, 6.45) is 7.98. The lowest BCUT2D eigenvalue weighted by Gasteiger charge is -2.19. The quantitative estimate of drug-likeness (QED) is 0.140. The molecule has 0 bridgehead atoms. The van der Waals surface area contributed by atoms with Crippen molar-refractivity contribution in [1.29, 1.82) is 0 Å². The van der Waals surface area contributed by atoms with Crippen molar-refractivity contribution in [3.8, 4) is 73.2 Å². The number of aromatic nitrogens is 5. The van der Waals surface area contributed by atoms with Gasteiger partial charge in [-0.3, -0.25) is 4.57 Å². The maximum Gasteiger partial charge on any atom is 0.238 e. The third-order valence-electron chi connectivity index (χ3n) is 15.9. The van der Waals surface area contributed by atoms with Crippen LogP contribution in [0.4, 0.5) is 11.4 Å². The minimum atomic E-state index is 0.162. The molecule has 11 aromatic carbocycles. The molecule has 3 aromatic heterocycles. The number of benzene rings is 11. The van der Waals surface area contributed by atoms with Crippen LogP contribution < -0.4 is 5.32 Å². The highest BCUT2D eigenvalue weighted by Crippen LogP contribution is 2.42. The number of hydrogen-bond acceptors (Lipinski definition) is 4. The lowest BCUT2D eigenvalue weighted by atomic mass is 9.90. The molecule has 0 saturated carbocycles. The van der Waals surface area contributed by atoms with Crippen molar-refractivity contribution >= 4 is 60.7 Å². The first-order valence-corrected chi connectivity index (χ1v) is 27.7. The van der Waals surface area contributed by atoms with Crippen molar-refractivity contribution in [2.24, 2.45) is 0 Å². The molecular formula is C75H52N6. The van der Waals surface area contributed by atoms with Crippen LogP contribution in [0.3, 0.4) is 0 Å². The van der Waals surface area contributed by atoms with Crippen LogP contribution in [0.2, 0.25) is 0 Å². The van der Waals surface area contributed by atoms with Crippen LogP contribution in [0.1, 0.15) is 17.9 Å². The van der Waals surface area contributed by atoms with Crippen molar-refractivity contribution in [3.05, 3.63) is 297 Å². The van der Waals surface area contributed by atoms with Crippen LogP contribution in [-0.4, -0.2) is 24.1 Å². The molecule has 14 aromatic rings. The Morgan fingerprint density at radius 1 is 0.346 bits per heavy atom. The Kier molecular flexibility index (Phi) is 11.9. The summed E-state index contributed by atoms with van der Waals surface area (Å²) in [4.78, 5) is 15.6. The van der Waals surface area contributed by atoms with Gasteiger partial charge in [0.25, 0.3) is 0 Å². The topological polar surface area (TPSA) is 60.6 Å². The van der Waals surface area contributed by atoms with Gasteiger partial charge in [-0.05, 0) is 112 Å². The predicted octanol–water partition coefficient (Wildman–Crippen LogP) is 19.4. The van der Waals surface area contributed by atoms with Gasteiger partial charge < -0.3 is 9.88 Å². The number of anilines is 2. The van der Waals surface area contributed by atoms with E-state index in [0.717, 1.165) is 78.5 Å². The fraction of sp³-hybridized carbons (Fsp3) is 0.0267. The third-order valence-corrected chi connectivity index (χ3v) is 15.9. The Morgan fingerprint density at radius 3 is 1.48 bits per heavy atom. The average Bonchev–Trinajstić information content (AvgIpc) is 3.76. The zero-order valence-corrected chi connectivity index (χ0v) is 44.2. The van der Waals surface area contributed by atoms with Crippen LogP contribution in [0.15, 0.2) is 291 Å². The molecule has 1 N–H and O–H groups in total. The van der Waals surface area contributed by atoms with Crippen molar-refractivity contribution in [3.63, 3.8) is 0 Å². The van der Waals surface area contributed by atoms with Crippen molar-refractivity contribution in [1.82, 2.24) is 24.1 Å². The van der Waals surface area contributed by atoms with E-state index in [1.54, 1.807) is 0 Å². The summed E-state index contributed by atoms with van der Waals surface area (Å²) in [7, 11) is 0. The highest BCUT2D eigenvalue weighted by molar-refractivity contribution is 6.12. The van der Waals surface area contributed by atoms with E-state index in [-0.39, 0.29) is 5.92 Å². The maximum atomic E-state index is 5.27. The first kappa shape index (κ1) is 47.5. The summed E-state index contributed by atoms with van der Waals surface area (Å²) in [5, 5.41) is 8.57. The molecule has 81 heavy (non-hydrogen) atoms. The smallest absolute Gasteiger partial charge is 0.238 e. The molecule has 6 heteroatoms. The van der Waals surface area contributed by atoms with Crippen LogP contribution >= 0.6 is 0 Å². The fourth-order valence-electron chi connectivity index (χ4n) is 11.9. The molecule has 6 nitrogen and oxygen atoms in total. The van der Waals surface area contributed by atoms with E-state index in [9.17, 15) is 0 Å². The van der Waals surface area contributed by atoms with Crippen LogP contribution in [0.25, 0.3) is 123 Å². The SMILES string of the molecule is C1=CC(c2ccc3c(c2)c2cc(-c4ccc(Nc5cc(-c6ccccc6)ccc5-c5ccccc5)cc4)ccc2n3-c2nc(-c3ccccc3)nc(-c3ccccc3)n2)CC=C1n1c2ccccc2c2ccc(-c3ccccc3)cc21. The molecule has 0 spiro atoms. The second kappa shape index (κ2) is 20.3. The van der Waals surface area contributed by atoms with Gasteiger partial charge in [-0.25, -0.2) is 4.98 Å². The highest BCUT2D eigenvalue weighted by atomic mass is 15.2. The summed E-state index contributed by atoms with van der Waals surface area (Å²) in [5.74, 6) is 1.97. The van der Waals surface area contributed by atoms with Gasteiger partial charge in [0.15, 0.2) is 11.6 Å². The van der Waals surface area contributed by atoms with Crippen molar-refractivity contribution in [2.45, 2.75) is 12.3 Å². The standard InChI is InChI=1S/C75H52N6/c1-6-18-50(19-7-1)59-34-42-63(54-22-10-3-11-23-54)68(48-59)76-61-38-30-52(31-39-61)57-36-44-70-66(46-57)67-47-58(37-45-71(67)81(70)75-78-73(55-24-12-4-13-25-55)77-74(79-75)56-26-14-5-15-27-56)53-32-40-62(41-33-53)80-69-29-17-16-28-64(69)65-43-35-60(49-72(65)80)51-20-8-2-9-21-51/h1-32,34-49,53,76H,33H2. The first-order chi connectivity index (χ1) is 40.1. The van der Waals surface area contributed by atoms with E-state index >= 15 is 0 Å². The number of rotatable bonds is 11. The van der Waals surface area contributed by atoms with Gasteiger partial charge in [-0.15, -0.1) is 0 Å². The molecule has 1 atom stereocenters. The van der Waals surface area contributed by atoms with Gasteiger partial charge in [0.05, 0.1) is 22.1 Å². The van der Waals surface area contributed by atoms with Gasteiger partial charge in [-0.2, -0.15) is 9.97 Å². The van der Waals surface area contributed by atoms with E-state index in [0.29, 0.717) is 17.6 Å². The number of hydrogen-bond donors (Lipinski definition) is 1. The number of allylic oxidation sites excluding steroid dienone is 4. The molecule has 0 aliphatic heterocycles. The lowest BCUT2D eigenvalue weighted by molar-refractivity contribution is 0.851. The largest absolute Gasteiger partial charge is 0.355 e. The normalized spacial score (nSPS) is 13.3. The second-order valence-corrected chi connectivity index (χ2v) is 20.8. The summed E-state index contributed by atoms with van der Waals surface area (Å²) in [6.45, 7) is 0. The van der Waals surface area contributed by atoms with Crippen LogP contribution in [0, 0.1) is 0 Å². The van der Waals surface area contributed by atoms with Crippen molar-refractivity contribution < 1.29 is 0 Å². The van der Waals surface area contributed by atoms with E-state index in [4.69, 9.17) is 15.0 Å². The van der Waals surface area contributed by atoms with E-state index in [2.05, 4.69) is 269 Å². The predicted molar refractivity (Wildman–Crippen MR) is 337 cm³/mol. The molecule has 1 aliphatic carbocycles. The number of nitrogens with one attached hydrogen (secondary N) is 1. The Morgan fingerprint density at radius 2 is 0.840 bits per heavy atom. The summed E-state index contributed by atoms with van der Waals surface area (Å²) in [5.41, 5.74) is 20.1. The molecule has 1 aliphatic rings. The Bertz CT molecular complexity index is 4660. The molecule has 0 saturated heterocycles. The Balaban J connectivity index is 0.827. The second-order valence-electron chi connectivity index (χ2n) is 20.8. The summed E-state index contributed by atoms with van der Waals surface area (Å²) >= 11 is 0. The van der Waals surface area contributed by atoms with Crippen LogP contribution in [0.5, 0.6) is 0 Å². The molecule has 15 rings (SSSR count). The molecule has 1 unspecified atom stereocenters. The maximum absolute atomic E-state index is 5.27. The fourth-order valence-corrected chi connectivity index (χ4v) is 11.9. The number of para-hydroxylation sites is 1. The van der Waals surface area contributed by atoms with Gasteiger partial charge in [0.1, 0.15) is 0 Å². The molecule has 0 amide bonds. The molecular weight excluding hydrogens is 985 g/mol. The van der Waals surface area contributed by atoms with Gasteiger partial charge in [0.2, 0.25) is 5.95 Å². The van der Waals surface area contributed by atoms with Gasteiger partial charge >= 0.3 is 0 Å². The highest BCUT2D eigenvalue weighted by Gasteiger charge is 2.22. The van der Waals surface area contributed by atoms with E-state index < -0.39 is 0 Å². The average molecular weight is 1040 g/mol. The molecule has 382 valence electrons. The Labute approximate surface area is 470 Å². The zero-order chi connectivity index (χ0) is 53.6. The van der Waals surface area contributed by atoms with E-state index in [1.165, 1.54) is 49.8 Å². The minimum absolute atomic E-state index is 0.162. The van der Waals surface area contributed by atoms with Crippen LogP contribution in [-0.2, 0) is 0 Å².